The number of nitrogens with zero attached hydrogens (tertiary/aromatic N) is 3. The molecule has 1 aliphatic carbocycles. The minimum atomic E-state index is -0.905. The van der Waals surface area contributed by atoms with Gasteiger partial charge in [0.1, 0.15) is 24.8 Å². The standard InChI is InChI=1S/C26H31N5O6/c27-23(33)20-13-17-15-31(20)22(32)14-28-26(35)37-21-11-6-8-16(21)7-2-1-5-12-30-24(34)18-9-3-4-10-19(18)29-25(30)36-17/h1,3-5,9-10,16-17,20-21H,2,6-8,11-15H2,(H2,27,33)(H,28,35)/b5-1-. The summed E-state index contributed by atoms with van der Waals surface area (Å²) < 4.78 is 13.2. The summed E-state index contributed by atoms with van der Waals surface area (Å²) in [7, 11) is 0. The monoisotopic (exact) mass is 509 g/mol. The van der Waals surface area contributed by atoms with Crippen molar-refractivity contribution in [3.05, 3.63) is 46.8 Å². The molecule has 1 saturated carbocycles. The number of primary amides is 1. The maximum atomic E-state index is 13.3. The SMILES string of the molecule is NC(=O)C1CC2CN1C(=O)CNC(=O)OC1CCCC1CC/C=C\Cn1c(nc3ccccc3c1=O)O2. The average Bonchev–Trinajstić information content (AvgIpc) is 3.50. The lowest BCUT2D eigenvalue weighted by Gasteiger charge is -2.23. The second-order valence-corrected chi connectivity index (χ2v) is 9.80. The lowest BCUT2D eigenvalue weighted by atomic mass is 9.99. The molecule has 3 amide bonds. The van der Waals surface area contributed by atoms with Crippen LogP contribution in [0.15, 0.2) is 41.2 Å². The molecule has 11 nitrogen and oxygen atoms in total. The number of fused-ring (bicyclic) bond motifs is 5. The Balaban J connectivity index is 1.47. The fourth-order valence-electron chi connectivity index (χ4n) is 5.50. The molecule has 3 heterocycles. The highest BCUT2D eigenvalue weighted by atomic mass is 16.6. The highest BCUT2D eigenvalue weighted by molar-refractivity contribution is 5.89. The number of allylic oxidation sites excluding steroid dienone is 2. The van der Waals surface area contributed by atoms with Crippen LogP contribution >= 0.6 is 0 Å². The summed E-state index contributed by atoms with van der Waals surface area (Å²) in [5.41, 5.74) is 5.85. The van der Waals surface area contributed by atoms with Gasteiger partial charge in [0.2, 0.25) is 11.8 Å². The van der Waals surface area contributed by atoms with Crippen molar-refractivity contribution in [2.45, 2.75) is 63.3 Å². The van der Waals surface area contributed by atoms with E-state index in [1.807, 2.05) is 12.2 Å². The first kappa shape index (κ1) is 24.8. The van der Waals surface area contributed by atoms with Crippen LogP contribution < -0.4 is 21.3 Å². The van der Waals surface area contributed by atoms with E-state index in [4.69, 9.17) is 15.2 Å². The van der Waals surface area contributed by atoms with Crippen LogP contribution in [0.2, 0.25) is 0 Å². The van der Waals surface area contributed by atoms with Gasteiger partial charge in [-0.2, -0.15) is 4.98 Å². The summed E-state index contributed by atoms with van der Waals surface area (Å²) in [6.07, 6.45) is 6.94. The molecule has 37 heavy (non-hydrogen) atoms. The molecule has 3 aliphatic rings. The number of benzene rings is 1. The lowest BCUT2D eigenvalue weighted by Crippen LogP contribution is -2.48. The summed E-state index contributed by atoms with van der Waals surface area (Å²) in [4.78, 5) is 56.7. The molecule has 2 bridgehead atoms. The number of hydrogen-bond donors (Lipinski definition) is 2. The molecular weight excluding hydrogens is 478 g/mol. The largest absolute Gasteiger partial charge is 0.459 e. The van der Waals surface area contributed by atoms with Crippen LogP contribution in [0.5, 0.6) is 6.01 Å². The van der Waals surface area contributed by atoms with Crippen LogP contribution in [0.25, 0.3) is 10.9 Å². The van der Waals surface area contributed by atoms with Crippen molar-refractivity contribution >= 4 is 28.8 Å². The number of ether oxygens (including phenoxy) is 2. The van der Waals surface area contributed by atoms with Gasteiger partial charge in [0.15, 0.2) is 0 Å². The molecule has 0 radical (unpaired) electrons. The molecular formula is C26H31N5O6. The fraction of sp³-hybridized carbons (Fsp3) is 0.500. The molecule has 1 aromatic heterocycles. The molecule has 2 fully saturated rings. The molecule has 0 spiro atoms. The summed E-state index contributed by atoms with van der Waals surface area (Å²) in [6, 6.07) is 6.25. The Morgan fingerprint density at radius 1 is 1.08 bits per heavy atom. The van der Waals surface area contributed by atoms with Crippen LogP contribution in [0.4, 0.5) is 4.79 Å². The average molecular weight is 510 g/mol. The summed E-state index contributed by atoms with van der Waals surface area (Å²) in [5.74, 6) is -0.913. The molecule has 1 aromatic carbocycles. The number of rotatable bonds is 1. The van der Waals surface area contributed by atoms with Gasteiger partial charge in [0, 0.05) is 13.0 Å². The van der Waals surface area contributed by atoms with Gasteiger partial charge in [-0.3, -0.25) is 19.0 Å². The number of alkyl carbamates (subject to hydrolysis) is 1. The van der Waals surface area contributed by atoms with E-state index in [0.29, 0.717) is 10.9 Å². The third kappa shape index (κ3) is 5.30. The van der Waals surface area contributed by atoms with Crippen molar-refractivity contribution < 1.29 is 23.9 Å². The number of hydrogen-bond acceptors (Lipinski definition) is 7. The quantitative estimate of drug-likeness (QED) is 0.554. The van der Waals surface area contributed by atoms with Crippen molar-refractivity contribution in [3.63, 3.8) is 0 Å². The van der Waals surface area contributed by atoms with Gasteiger partial charge in [0.05, 0.1) is 17.4 Å². The van der Waals surface area contributed by atoms with E-state index in [1.165, 1.54) is 9.47 Å². The second-order valence-electron chi connectivity index (χ2n) is 9.80. The van der Waals surface area contributed by atoms with Gasteiger partial charge >= 0.3 is 6.09 Å². The third-order valence-corrected chi connectivity index (χ3v) is 7.40. The van der Waals surface area contributed by atoms with Crippen LogP contribution in [-0.4, -0.2) is 63.7 Å². The Kier molecular flexibility index (Phi) is 7.11. The van der Waals surface area contributed by atoms with E-state index in [9.17, 15) is 19.2 Å². The summed E-state index contributed by atoms with van der Waals surface area (Å²) >= 11 is 0. The summed E-state index contributed by atoms with van der Waals surface area (Å²) in [5, 5.41) is 2.99. The van der Waals surface area contributed by atoms with E-state index in [0.717, 1.165) is 32.1 Å². The highest BCUT2D eigenvalue weighted by Crippen LogP contribution is 2.32. The minimum Gasteiger partial charge on any atom is -0.459 e. The van der Waals surface area contributed by atoms with E-state index < -0.39 is 30.1 Å². The Hall–Kier alpha value is -3.89. The predicted octanol–water partition coefficient (Wildman–Crippen LogP) is 1.47. The number of aromatic nitrogens is 2. The van der Waals surface area contributed by atoms with Crippen molar-refractivity contribution in [3.8, 4) is 6.01 Å². The maximum Gasteiger partial charge on any atom is 0.407 e. The number of nitrogens with one attached hydrogen (secondary N) is 1. The zero-order valence-corrected chi connectivity index (χ0v) is 20.5. The number of amides is 3. The second kappa shape index (κ2) is 10.6. The van der Waals surface area contributed by atoms with Gasteiger partial charge in [-0.25, -0.2) is 4.79 Å². The van der Waals surface area contributed by atoms with Crippen LogP contribution in [0.3, 0.4) is 0 Å². The maximum absolute atomic E-state index is 13.3. The Morgan fingerprint density at radius 3 is 2.76 bits per heavy atom. The molecule has 4 atom stereocenters. The van der Waals surface area contributed by atoms with Gasteiger partial charge in [0.25, 0.3) is 11.6 Å². The van der Waals surface area contributed by atoms with Gasteiger partial charge < -0.3 is 25.4 Å². The zero-order valence-electron chi connectivity index (χ0n) is 20.5. The summed E-state index contributed by atoms with van der Waals surface area (Å²) in [6.45, 7) is -0.00555. The first-order chi connectivity index (χ1) is 17.9. The first-order valence-corrected chi connectivity index (χ1v) is 12.7. The zero-order chi connectivity index (χ0) is 25.9. The van der Waals surface area contributed by atoms with Gasteiger partial charge in [-0.05, 0) is 50.2 Å². The molecule has 2 aliphatic heterocycles. The number of carbonyl (C=O) groups excluding carboxylic acids is 3. The van der Waals surface area contributed by atoms with Crippen LogP contribution in [-0.2, 0) is 20.9 Å². The Labute approximate surface area is 213 Å². The van der Waals surface area contributed by atoms with Crippen LogP contribution in [0.1, 0.15) is 38.5 Å². The predicted molar refractivity (Wildman–Crippen MR) is 134 cm³/mol. The fourth-order valence-corrected chi connectivity index (χ4v) is 5.50. The van der Waals surface area contributed by atoms with E-state index in [1.54, 1.807) is 24.3 Å². The van der Waals surface area contributed by atoms with Crippen molar-refractivity contribution in [1.29, 1.82) is 0 Å². The number of para-hydroxylation sites is 1. The Bertz CT molecular complexity index is 1290. The Morgan fingerprint density at radius 2 is 1.92 bits per heavy atom. The molecule has 11 heteroatoms. The molecule has 196 valence electrons. The van der Waals surface area contributed by atoms with Crippen molar-refractivity contribution in [2.75, 3.05) is 13.1 Å². The van der Waals surface area contributed by atoms with Crippen molar-refractivity contribution in [1.82, 2.24) is 19.8 Å². The van der Waals surface area contributed by atoms with E-state index in [-0.39, 0.29) is 49.6 Å². The molecule has 2 aromatic rings. The molecule has 1 saturated heterocycles. The van der Waals surface area contributed by atoms with E-state index in [2.05, 4.69) is 10.3 Å². The topological polar surface area (TPSA) is 146 Å². The molecule has 5 rings (SSSR count). The molecule has 4 unspecified atom stereocenters. The number of carbonyl (C=O) groups is 3. The smallest absolute Gasteiger partial charge is 0.407 e. The van der Waals surface area contributed by atoms with Gasteiger partial charge in [-0.1, -0.05) is 24.3 Å². The van der Waals surface area contributed by atoms with Gasteiger partial charge in [-0.15, -0.1) is 0 Å². The normalized spacial score (nSPS) is 27.7. The first-order valence-electron chi connectivity index (χ1n) is 12.7. The minimum absolute atomic E-state index is 0.0619. The van der Waals surface area contributed by atoms with Crippen molar-refractivity contribution in [2.24, 2.45) is 11.7 Å². The third-order valence-electron chi connectivity index (χ3n) is 7.40. The lowest BCUT2D eigenvalue weighted by molar-refractivity contribution is -0.136. The van der Waals surface area contributed by atoms with E-state index >= 15 is 0 Å². The number of nitrogens with two attached hydrogens (primary N) is 1. The van der Waals surface area contributed by atoms with Crippen LogP contribution in [0, 0.1) is 5.92 Å². The molecule has 3 N–H and O–H groups in total. The highest BCUT2D eigenvalue weighted by Gasteiger charge is 2.40.